The number of carbonyl (C=O) groups excluding carboxylic acids is 1. The fourth-order valence-electron chi connectivity index (χ4n) is 5.02. The summed E-state index contributed by atoms with van der Waals surface area (Å²) in [5, 5.41) is 25.7. The van der Waals surface area contributed by atoms with E-state index in [0.29, 0.717) is 53.0 Å². The van der Waals surface area contributed by atoms with Gasteiger partial charge in [0.1, 0.15) is 5.82 Å². The van der Waals surface area contributed by atoms with Crippen molar-refractivity contribution in [2.45, 2.75) is 51.0 Å². The van der Waals surface area contributed by atoms with Crippen molar-refractivity contribution in [3.63, 3.8) is 0 Å². The van der Waals surface area contributed by atoms with E-state index in [-0.39, 0.29) is 29.3 Å². The Bertz CT molecular complexity index is 1460. The third-order valence-electron chi connectivity index (χ3n) is 7.27. The predicted molar refractivity (Wildman–Crippen MR) is 145 cm³/mol. The van der Waals surface area contributed by atoms with Gasteiger partial charge in [-0.1, -0.05) is 41.0 Å². The van der Waals surface area contributed by atoms with Gasteiger partial charge in [0.25, 0.3) is 11.5 Å². The minimum Gasteiger partial charge on any atom is -0.481 e. The van der Waals surface area contributed by atoms with Gasteiger partial charge in [0.15, 0.2) is 0 Å². The van der Waals surface area contributed by atoms with E-state index >= 15 is 4.39 Å². The summed E-state index contributed by atoms with van der Waals surface area (Å²) in [6.45, 7) is 1.64. The molecule has 0 radical (unpaired) electrons. The number of aliphatic carboxylic acids is 1. The zero-order valence-electron chi connectivity index (χ0n) is 21.3. The van der Waals surface area contributed by atoms with Gasteiger partial charge in [0.2, 0.25) is 0 Å². The van der Waals surface area contributed by atoms with Gasteiger partial charge >= 0.3 is 5.97 Å². The van der Waals surface area contributed by atoms with Crippen LogP contribution in [0.1, 0.15) is 70.6 Å². The number of carbonyl (C=O) groups is 2. The van der Waals surface area contributed by atoms with Gasteiger partial charge in [-0.3, -0.25) is 14.4 Å². The number of H-pyrrole nitrogens is 1. The molecule has 1 aliphatic carbocycles. The van der Waals surface area contributed by atoms with Gasteiger partial charge in [-0.2, -0.15) is 0 Å². The van der Waals surface area contributed by atoms with Crippen molar-refractivity contribution >= 4 is 29.2 Å². The average molecular weight is 554 g/mol. The van der Waals surface area contributed by atoms with Crippen molar-refractivity contribution in [3.8, 4) is 0 Å². The topological polar surface area (TPSA) is 132 Å². The highest BCUT2D eigenvalue weighted by Gasteiger charge is 2.28. The molecule has 204 valence electrons. The molecule has 2 aromatic carbocycles. The highest BCUT2D eigenvalue weighted by Crippen LogP contribution is 2.35. The Kier molecular flexibility index (Phi) is 8.81. The summed E-state index contributed by atoms with van der Waals surface area (Å²) in [6, 6.07) is 12.8. The molecule has 39 heavy (non-hydrogen) atoms. The largest absolute Gasteiger partial charge is 0.481 e. The molecule has 1 unspecified atom stereocenters. The summed E-state index contributed by atoms with van der Waals surface area (Å²) in [7, 11) is 0. The number of aromatic amines is 1. The lowest BCUT2D eigenvalue weighted by Crippen LogP contribution is -2.39. The van der Waals surface area contributed by atoms with E-state index in [1.165, 1.54) is 18.3 Å². The Morgan fingerprint density at radius 2 is 1.87 bits per heavy atom. The van der Waals surface area contributed by atoms with Crippen molar-refractivity contribution in [2.75, 3.05) is 0 Å². The summed E-state index contributed by atoms with van der Waals surface area (Å²) in [4.78, 5) is 38.4. The lowest BCUT2D eigenvalue weighted by atomic mass is 9.84. The summed E-state index contributed by atoms with van der Waals surface area (Å²) in [6.07, 6.45) is 3.54. The molecule has 1 aromatic heterocycles. The van der Waals surface area contributed by atoms with Crippen molar-refractivity contribution in [2.24, 2.45) is 11.1 Å². The monoisotopic (exact) mass is 553 g/mol. The van der Waals surface area contributed by atoms with Crippen molar-refractivity contribution in [1.82, 2.24) is 10.3 Å². The Labute approximate surface area is 229 Å². The van der Waals surface area contributed by atoms with Crippen molar-refractivity contribution in [3.05, 3.63) is 104 Å². The number of nitrogens with zero attached hydrogens (tertiary/aromatic N) is 1. The Hall–Kier alpha value is -3.98. The first-order valence-corrected chi connectivity index (χ1v) is 13.0. The van der Waals surface area contributed by atoms with E-state index in [1.807, 2.05) is 0 Å². The third-order valence-corrected chi connectivity index (χ3v) is 7.62. The number of amides is 1. The number of pyridine rings is 1. The smallest absolute Gasteiger partial charge is 0.306 e. The zero-order chi connectivity index (χ0) is 28.1. The van der Waals surface area contributed by atoms with E-state index in [1.54, 1.807) is 43.3 Å². The highest BCUT2D eigenvalue weighted by atomic mass is 35.5. The Morgan fingerprint density at radius 3 is 2.49 bits per heavy atom. The van der Waals surface area contributed by atoms with Crippen LogP contribution in [0.25, 0.3) is 0 Å². The van der Waals surface area contributed by atoms with E-state index < -0.39 is 29.5 Å². The SMILES string of the molecule is Cc1cc(/C(CC(c2ccc(C(=O)N[C@H]3CC[C@H](C(=O)O)CC3)c(F)c2)c2ccccc2Cl)=N/O)c[nH]c1=O. The number of nitrogens with one attached hydrogen (secondary N) is 2. The summed E-state index contributed by atoms with van der Waals surface area (Å²) in [5.41, 5.74) is 2.02. The fraction of sp³-hybridized carbons (Fsp3) is 0.310. The molecule has 1 heterocycles. The van der Waals surface area contributed by atoms with E-state index in [0.717, 1.165) is 0 Å². The van der Waals surface area contributed by atoms with Crippen LogP contribution in [-0.2, 0) is 4.79 Å². The molecule has 1 fully saturated rings. The lowest BCUT2D eigenvalue weighted by Gasteiger charge is -2.27. The standard InChI is InChI=1S/C29H29ClFN3O5/c1-16-12-19(15-32-27(16)35)26(34-39)14-23(21-4-2-3-5-24(21)30)18-8-11-22(25(31)13-18)28(36)33-20-9-6-17(7-10-20)29(37)38/h2-5,8,11-13,15,17,20,23,39H,6-7,9-10,14H2,1H3,(H,32,35)(H,33,36)(H,37,38)/b34-26+/t17-,20-,23?. The van der Waals surface area contributed by atoms with Gasteiger partial charge in [-0.15, -0.1) is 0 Å². The molecule has 1 amide bonds. The first-order chi connectivity index (χ1) is 18.7. The summed E-state index contributed by atoms with van der Waals surface area (Å²) < 4.78 is 15.3. The number of aryl methyl sites for hydroxylation is 1. The first-order valence-electron chi connectivity index (χ1n) is 12.7. The molecular weight excluding hydrogens is 525 g/mol. The molecule has 8 nitrogen and oxygen atoms in total. The second-order valence-corrected chi connectivity index (χ2v) is 10.2. The molecule has 1 aliphatic rings. The lowest BCUT2D eigenvalue weighted by molar-refractivity contribution is -0.142. The van der Waals surface area contributed by atoms with Crippen LogP contribution >= 0.6 is 11.6 Å². The molecule has 10 heteroatoms. The van der Waals surface area contributed by atoms with Crippen LogP contribution in [0.3, 0.4) is 0 Å². The quantitative estimate of drug-likeness (QED) is 0.172. The van der Waals surface area contributed by atoms with E-state index in [4.69, 9.17) is 16.7 Å². The second-order valence-electron chi connectivity index (χ2n) is 9.82. The van der Waals surface area contributed by atoms with Crippen LogP contribution in [0.2, 0.25) is 5.02 Å². The molecule has 0 saturated heterocycles. The van der Waals surface area contributed by atoms with E-state index in [9.17, 15) is 19.6 Å². The molecule has 4 rings (SSSR count). The number of halogens is 2. The minimum absolute atomic E-state index is 0.121. The molecular formula is C29H29ClFN3O5. The van der Waals surface area contributed by atoms with Gasteiger partial charge in [-0.25, -0.2) is 4.39 Å². The van der Waals surface area contributed by atoms with Crippen LogP contribution in [0, 0.1) is 18.7 Å². The number of oxime groups is 1. The van der Waals surface area contributed by atoms with Gasteiger partial charge in [0.05, 0.1) is 17.2 Å². The van der Waals surface area contributed by atoms with Gasteiger partial charge < -0.3 is 20.6 Å². The van der Waals surface area contributed by atoms with Crippen molar-refractivity contribution in [1.29, 1.82) is 0 Å². The van der Waals surface area contributed by atoms with Crippen molar-refractivity contribution < 1.29 is 24.3 Å². The molecule has 3 aromatic rings. The Morgan fingerprint density at radius 1 is 1.15 bits per heavy atom. The van der Waals surface area contributed by atoms with Crippen LogP contribution in [0.5, 0.6) is 0 Å². The number of benzene rings is 2. The number of rotatable bonds is 8. The normalized spacial score (nSPS) is 18.4. The predicted octanol–water partition coefficient (Wildman–Crippen LogP) is 5.25. The number of hydrogen-bond donors (Lipinski definition) is 4. The molecule has 0 aliphatic heterocycles. The summed E-state index contributed by atoms with van der Waals surface area (Å²) in [5.74, 6) is -3.06. The van der Waals surface area contributed by atoms with E-state index in [2.05, 4.69) is 15.5 Å². The molecule has 4 N–H and O–H groups in total. The number of carboxylic acid groups (broad SMARTS) is 1. The maximum atomic E-state index is 15.3. The molecule has 0 bridgehead atoms. The van der Waals surface area contributed by atoms with Crippen LogP contribution < -0.4 is 10.9 Å². The summed E-state index contributed by atoms with van der Waals surface area (Å²) >= 11 is 6.50. The molecule has 0 spiro atoms. The number of carboxylic acids is 1. The molecule has 1 atom stereocenters. The molecule has 1 saturated carbocycles. The second kappa shape index (κ2) is 12.3. The number of aromatic nitrogens is 1. The third kappa shape index (κ3) is 6.54. The van der Waals surface area contributed by atoms with Crippen LogP contribution in [-0.4, -0.2) is 38.9 Å². The first kappa shape index (κ1) is 28.0. The maximum Gasteiger partial charge on any atom is 0.306 e. The van der Waals surface area contributed by atoms with Gasteiger partial charge in [0, 0.05) is 40.7 Å². The zero-order valence-corrected chi connectivity index (χ0v) is 22.0. The maximum absolute atomic E-state index is 15.3. The van der Waals surface area contributed by atoms with Crippen LogP contribution in [0.4, 0.5) is 4.39 Å². The van der Waals surface area contributed by atoms with Gasteiger partial charge in [-0.05, 0) is 68.0 Å². The minimum atomic E-state index is -0.834. The average Bonchev–Trinajstić information content (AvgIpc) is 2.92. The Balaban J connectivity index is 1.60. The highest BCUT2D eigenvalue weighted by molar-refractivity contribution is 6.31. The van der Waals surface area contributed by atoms with Crippen LogP contribution in [0.15, 0.2) is 64.7 Å². The number of hydrogen-bond acceptors (Lipinski definition) is 5. The fourth-order valence-corrected chi connectivity index (χ4v) is 5.29.